The molecule has 2 aromatic rings. The lowest BCUT2D eigenvalue weighted by atomic mass is 10.0. The predicted molar refractivity (Wildman–Crippen MR) is 82.0 cm³/mol. The van der Waals surface area contributed by atoms with Gasteiger partial charge in [-0.05, 0) is 32.6 Å². The summed E-state index contributed by atoms with van der Waals surface area (Å²) in [5, 5.41) is 6.72. The van der Waals surface area contributed by atoms with E-state index in [4.69, 9.17) is 4.52 Å². The third kappa shape index (κ3) is 2.73. The molecule has 0 saturated carbocycles. The Bertz CT molecular complexity index is 706. The van der Waals surface area contributed by atoms with Crippen LogP contribution in [0.15, 0.2) is 10.7 Å². The van der Waals surface area contributed by atoms with Crippen LogP contribution in [0.25, 0.3) is 0 Å². The van der Waals surface area contributed by atoms with Gasteiger partial charge in [0.15, 0.2) is 11.6 Å². The van der Waals surface area contributed by atoms with Crippen LogP contribution in [0.2, 0.25) is 0 Å². The van der Waals surface area contributed by atoms with E-state index in [1.165, 1.54) is 0 Å². The molecule has 1 aliphatic carbocycles. The monoisotopic (exact) mass is 300 g/mol. The molecule has 0 fully saturated rings. The van der Waals surface area contributed by atoms with Crippen molar-refractivity contribution in [3.63, 3.8) is 0 Å². The Kier molecular flexibility index (Phi) is 3.92. The average Bonchev–Trinajstić information content (AvgIpc) is 2.89. The molecule has 0 aromatic carbocycles. The summed E-state index contributed by atoms with van der Waals surface area (Å²) < 4.78 is 5.26. The molecule has 6 nitrogen and oxygen atoms in total. The molecule has 0 aliphatic heterocycles. The topological polar surface area (TPSA) is 80.9 Å². The van der Waals surface area contributed by atoms with E-state index >= 15 is 0 Å². The summed E-state index contributed by atoms with van der Waals surface area (Å²) >= 11 is 0. The van der Waals surface area contributed by atoms with Crippen LogP contribution in [-0.4, -0.2) is 21.0 Å². The zero-order valence-corrected chi connectivity index (χ0v) is 13.1. The SMILES string of the molecule is Cc1noc(C(C)C)c1C(=O)Nc1cnc2c(n1)CCCC2. The molecule has 0 radical (unpaired) electrons. The Balaban J connectivity index is 1.84. The first-order chi connectivity index (χ1) is 10.6. The van der Waals surface area contributed by atoms with Crippen molar-refractivity contribution < 1.29 is 9.32 Å². The number of hydrogen-bond donors (Lipinski definition) is 1. The van der Waals surface area contributed by atoms with E-state index < -0.39 is 0 Å². The van der Waals surface area contributed by atoms with E-state index in [0.29, 0.717) is 22.8 Å². The highest BCUT2D eigenvalue weighted by Crippen LogP contribution is 2.24. The normalized spacial score (nSPS) is 14.0. The van der Waals surface area contributed by atoms with Crippen molar-refractivity contribution in [2.45, 2.75) is 52.4 Å². The first-order valence-electron chi connectivity index (χ1n) is 7.68. The van der Waals surface area contributed by atoms with Crippen molar-refractivity contribution in [2.75, 3.05) is 5.32 Å². The quantitative estimate of drug-likeness (QED) is 0.942. The molecule has 3 rings (SSSR count). The van der Waals surface area contributed by atoms with Gasteiger partial charge in [-0.15, -0.1) is 0 Å². The van der Waals surface area contributed by atoms with Gasteiger partial charge in [0.05, 0.1) is 23.3 Å². The number of anilines is 1. The molecule has 1 amide bonds. The summed E-state index contributed by atoms with van der Waals surface area (Å²) in [5.74, 6) is 0.936. The number of fused-ring (bicyclic) bond motifs is 1. The number of rotatable bonds is 3. The molecule has 1 aliphatic rings. The minimum Gasteiger partial charge on any atom is -0.360 e. The van der Waals surface area contributed by atoms with Gasteiger partial charge in [0.2, 0.25) is 0 Å². The zero-order valence-electron chi connectivity index (χ0n) is 13.1. The molecule has 0 bridgehead atoms. The molecule has 0 spiro atoms. The maximum absolute atomic E-state index is 12.5. The molecule has 0 atom stereocenters. The fourth-order valence-electron chi connectivity index (χ4n) is 2.74. The van der Waals surface area contributed by atoms with Gasteiger partial charge in [-0.1, -0.05) is 19.0 Å². The molecule has 22 heavy (non-hydrogen) atoms. The van der Waals surface area contributed by atoms with Crippen molar-refractivity contribution in [3.8, 4) is 0 Å². The Morgan fingerprint density at radius 1 is 1.27 bits per heavy atom. The predicted octanol–water partition coefficient (Wildman–Crippen LogP) is 3.03. The number of carbonyl (C=O) groups is 1. The van der Waals surface area contributed by atoms with Crippen LogP contribution in [0.5, 0.6) is 0 Å². The maximum Gasteiger partial charge on any atom is 0.262 e. The number of aromatic nitrogens is 3. The third-order valence-corrected chi connectivity index (χ3v) is 3.89. The molecular weight excluding hydrogens is 280 g/mol. The van der Waals surface area contributed by atoms with Crippen molar-refractivity contribution in [1.82, 2.24) is 15.1 Å². The molecule has 2 aromatic heterocycles. The number of carbonyl (C=O) groups excluding carboxylic acids is 1. The van der Waals surface area contributed by atoms with Crippen LogP contribution in [-0.2, 0) is 12.8 Å². The Morgan fingerprint density at radius 3 is 2.73 bits per heavy atom. The largest absolute Gasteiger partial charge is 0.360 e. The first kappa shape index (κ1) is 14.7. The Morgan fingerprint density at radius 2 is 2.00 bits per heavy atom. The first-order valence-corrected chi connectivity index (χ1v) is 7.68. The van der Waals surface area contributed by atoms with Crippen LogP contribution >= 0.6 is 0 Å². The van der Waals surface area contributed by atoms with E-state index in [1.807, 2.05) is 13.8 Å². The minimum absolute atomic E-state index is 0.0940. The summed E-state index contributed by atoms with van der Waals surface area (Å²) in [6.45, 7) is 5.70. The number of nitrogens with one attached hydrogen (secondary N) is 1. The lowest BCUT2D eigenvalue weighted by Gasteiger charge is -2.14. The highest BCUT2D eigenvalue weighted by atomic mass is 16.5. The van der Waals surface area contributed by atoms with Crippen LogP contribution in [0.4, 0.5) is 5.82 Å². The zero-order chi connectivity index (χ0) is 15.7. The molecule has 2 heterocycles. The van der Waals surface area contributed by atoms with E-state index in [1.54, 1.807) is 13.1 Å². The molecule has 116 valence electrons. The highest BCUT2D eigenvalue weighted by molar-refractivity contribution is 6.05. The highest BCUT2D eigenvalue weighted by Gasteiger charge is 2.23. The second-order valence-electron chi connectivity index (χ2n) is 5.97. The Labute approximate surface area is 129 Å². The van der Waals surface area contributed by atoms with Gasteiger partial charge in [0, 0.05) is 5.92 Å². The second-order valence-corrected chi connectivity index (χ2v) is 5.97. The van der Waals surface area contributed by atoms with Gasteiger partial charge in [0.1, 0.15) is 5.56 Å². The van der Waals surface area contributed by atoms with Gasteiger partial charge >= 0.3 is 0 Å². The molecule has 6 heteroatoms. The Hall–Kier alpha value is -2.24. The van der Waals surface area contributed by atoms with Crippen LogP contribution in [0, 0.1) is 6.92 Å². The number of amides is 1. The summed E-state index contributed by atoms with van der Waals surface area (Å²) in [5.41, 5.74) is 3.13. The average molecular weight is 300 g/mol. The van der Waals surface area contributed by atoms with Crippen LogP contribution in [0.3, 0.4) is 0 Å². The standard InChI is InChI=1S/C16H20N4O2/c1-9(2)15-14(10(3)20-22-15)16(21)19-13-8-17-11-6-4-5-7-12(11)18-13/h8-9H,4-7H2,1-3H3,(H,18,19,21). The fraction of sp³-hybridized carbons (Fsp3) is 0.500. The summed E-state index contributed by atoms with van der Waals surface area (Å²) in [7, 11) is 0. The lowest BCUT2D eigenvalue weighted by molar-refractivity contribution is 0.102. The summed E-state index contributed by atoms with van der Waals surface area (Å²) in [4.78, 5) is 21.4. The summed E-state index contributed by atoms with van der Waals surface area (Å²) in [6.07, 6.45) is 5.81. The molecule has 0 saturated heterocycles. The van der Waals surface area contributed by atoms with E-state index in [9.17, 15) is 4.79 Å². The fourth-order valence-corrected chi connectivity index (χ4v) is 2.74. The number of nitrogens with zero attached hydrogens (tertiary/aromatic N) is 3. The number of hydrogen-bond acceptors (Lipinski definition) is 5. The van der Waals surface area contributed by atoms with Gasteiger partial charge in [-0.2, -0.15) is 0 Å². The molecular formula is C16H20N4O2. The van der Waals surface area contributed by atoms with E-state index in [0.717, 1.165) is 37.1 Å². The van der Waals surface area contributed by atoms with Crippen LogP contribution in [0.1, 0.15) is 65.8 Å². The lowest BCUT2D eigenvalue weighted by Crippen LogP contribution is -2.17. The van der Waals surface area contributed by atoms with Gasteiger partial charge in [-0.25, -0.2) is 4.98 Å². The smallest absolute Gasteiger partial charge is 0.262 e. The maximum atomic E-state index is 12.5. The van der Waals surface area contributed by atoms with Crippen molar-refractivity contribution in [3.05, 3.63) is 34.6 Å². The van der Waals surface area contributed by atoms with Crippen molar-refractivity contribution in [1.29, 1.82) is 0 Å². The summed E-state index contributed by atoms with van der Waals surface area (Å²) in [6, 6.07) is 0. The van der Waals surface area contributed by atoms with Gasteiger partial charge in [0.25, 0.3) is 5.91 Å². The van der Waals surface area contributed by atoms with E-state index in [2.05, 4.69) is 20.4 Å². The van der Waals surface area contributed by atoms with Gasteiger partial charge in [-0.3, -0.25) is 9.78 Å². The van der Waals surface area contributed by atoms with Crippen molar-refractivity contribution >= 4 is 11.7 Å². The van der Waals surface area contributed by atoms with Crippen molar-refractivity contribution in [2.24, 2.45) is 0 Å². The third-order valence-electron chi connectivity index (χ3n) is 3.89. The number of aryl methyl sites for hydroxylation is 3. The second kappa shape index (κ2) is 5.87. The molecule has 0 unspecified atom stereocenters. The minimum atomic E-state index is -0.243. The van der Waals surface area contributed by atoms with E-state index in [-0.39, 0.29) is 11.8 Å². The van der Waals surface area contributed by atoms with Gasteiger partial charge < -0.3 is 9.84 Å². The van der Waals surface area contributed by atoms with Crippen LogP contribution < -0.4 is 5.32 Å². The molecule has 1 N–H and O–H groups in total.